The van der Waals surface area contributed by atoms with Crippen LogP contribution in [-0.4, -0.2) is 36.0 Å². The van der Waals surface area contributed by atoms with Gasteiger partial charge in [-0.3, -0.25) is 0 Å². The predicted molar refractivity (Wildman–Crippen MR) is 80.4 cm³/mol. The Labute approximate surface area is 132 Å². The summed E-state index contributed by atoms with van der Waals surface area (Å²) in [4.78, 5) is 0. The van der Waals surface area contributed by atoms with Crippen LogP contribution in [0.15, 0.2) is 0 Å². The van der Waals surface area contributed by atoms with Gasteiger partial charge in [-0.1, -0.05) is 25.7 Å². The number of rotatable bonds is 0. The van der Waals surface area contributed by atoms with Gasteiger partial charge in [0, 0.05) is 12.8 Å². The zero-order valence-electron chi connectivity index (χ0n) is 13.5. The summed E-state index contributed by atoms with van der Waals surface area (Å²) in [6.45, 7) is 1.63. The Hall–Kier alpha value is -0.160. The quantitative estimate of drug-likeness (QED) is 0.684. The summed E-state index contributed by atoms with van der Waals surface area (Å²) < 4.78 is 26.6. The van der Waals surface area contributed by atoms with Gasteiger partial charge in [0.25, 0.3) is 0 Å². The molecule has 4 spiro atoms. The molecule has 0 aromatic rings. The molecule has 0 bridgehead atoms. The topological polar surface area (TPSA) is 36.9 Å². The van der Waals surface area contributed by atoms with Crippen molar-refractivity contribution in [1.82, 2.24) is 0 Å². The van der Waals surface area contributed by atoms with Crippen molar-refractivity contribution in [3.8, 4) is 0 Å². The summed E-state index contributed by atoms with van der Waals surface area (Å²) in [7, 11) is 0. The summed E-state index contributed by atoms with van der Waals surface area (Å²) in [5.41, 5.74) is -0.524. The van der Waals surface area contributed by atoms with Crippen molar-refractivity contribution in [2.75, 3.05) is 13.2 Å². The molecule has 0 radical (unpaired) electrons. The predicted octanol–water partition coefficient (Wildman–Crippen LogP) is 3.67. The molecule has 5 fully saturated rings. The minimum atomic E-state index is -0.495. The van der Waals surface area contributed by atoms with E-state index in [4.69, 9.17) is 18.9 Å². The molecule has 0 aromatic heterocycles. The molecule has 22 heavy (non-hydrogen) atoms. The largest absolute Gasteiger partial charge is 0.347 e. The van der Waals surface area contributed by atoms with E-state index in [2.05, 4.69) is 0 Å². The second kappa shape index (κ2) is 4.69. The first-order valence-electron chi connectivity index (χ1n) is 9.42. The van der Waals surface area contributed by atoms with Crippen LogP contribution in [0.2, 0.25) is 0 Å². The normalized spacial score (nSPS) is 45.8. The van der Waals surface area contributed by atoms with Gasteiger partial charge in [-0.25, -0.2) is 0 Å². The molecule has 0 N–H and O–H groups in total. The summed E-state index contributed by atoms with van der Waals surface area (Å²) in [5.74, 6) is -0.990. The van der Waals surface area contributed by atoms with Crippen LogP contribution in [0.5, 0.6) is 0 Å². The van der Waals surface area contributed by atoms with Crippen molar-refractivity contribution < 1.29 is 18.9 Å². The first kappa shape index (κ1) is 14.2. The third kappa shape index (κ3) is 1.62. The molecule has 3 saturated heterocycles. The van der Waals surface area contributed by atoms with E-state index in [9.17, 15) is 0 Å². The highest BCUT2D eigenvalue weighted by Gasteiger charge is 2.73. The van der Waals surface area contributed by atoms with Gasteiger partial charge in [-0.15, -0.1) is 0 Å². The van der Waals surface area contributed by atoms with Crippen molar-refractivity contribution in [1.29, 1.82) is 0 Å². The standard InChI is InChI=1S/C18H28O4/c1-2-8-15(7-1)17(11-5-13-19-17)22-16(9-3-4-10-16)18(21-15)12-6-14-20-18/h1-14H2/t17-,18+. The maximum absolute atomic E-state index is 6.99. The van der Waals surface area contributed by atoms with Crippen molar-refractivity contribution in [3.05, 3.63) is 0 Å². The summed E-state index contributed by atoms with van der Waals surface area (Å²) in [6, 6.07) is 0. The zero-order chi connectivity index (χ0) is 14.7. The minimum Gasteiger partial charge on any atom is -0.347 e. The van der Waals surface area contributed by atoms with Gasteiger partial charge in [0.1, 0.15) is 11.2 Å². The van der Waals surface area contributed by atoms with Crippen molar-refractivity contribution in [2.45, 2.75) is 99.8 Å². The second-order valence-electron chi connectivity index (χ2n) is 8.02. The fraction of sp³-hybridized carbons (Fsp3) is 1.00. The smallest absolute Gasteiger partial charge is 0.198 e. The van der Waals surface area contributed by atoms with Crippen LogP contribution in [0, 0.1) is 0 Å². The highest BCUT2D eigenvalue weighted by molar-refractivity contribution is 5.14. The highest BCUT2D eigenvalue weighted by Crippen LogP contribution is 2.63. The molecule has 124 valence electrons. The van der Waals surface area contributed by atoms with Crippen LogP contribution in [0.1, 0.15) is 77.0 Å². The Kier molecular flexibility index (Phi) is 3.03. The number of hydrogen-bond donors (Lipinski definition) is 0. The molecule has 4 heteroatoms. The Morgan fingerprint density at radius 3 is 1.18 bits per heavy atom. The van der Waals surface area contributed by atoms with E-state index < -0.39 is 11.6 Å². The van der Waals surface area contributed by atoms with Crippen LogP contribution >= 0.6 is 0 Å². The lowest BCUT2D eigenvalue weighted by molar-refractivity contribution is -0.484. The van der Waals surface area contributed by atoms with Gasteiger partial charge in [0.15, 0.2) is 11.6 Å². The first-order valence-corrected chi connectivity index (χ1v) is 9.42. The molecule has 0 amide bonds. The summed E-state index contributed by atoms with van der Waals surface area (Å²) in [5, 5.41) is 0. The molecule has 5 rings (SSSR count). The van der Waals surface area contributed by atoms with Gasteiger partial charge in [-0.2, -0.15) is 0 Å². The van der Waals surface area contributed by atoms with E-state index in [-0.39, 0.29) is 11.2 Å². The molecule has 3 aliphatic heterocycles. The van der Waals surface area contributed by atoms with E-state index in [1.165, 1.54) is 25.7 Å². The van der Waals surface area contributed by atoms with E-state index >= 15 is 0 Å². The van der Waals surface area contributed by atoms with E-state index in [0.717, 1.165) is 64.6 Å². The molecular weight excluding hydrogens is 280 g/mol. The summed E-state index contributed by atoms with van der Waals surface area (Å²) in [6.07, 6.45) is 13.3. The molecule has 2 aliphatic carbocycles. The number of hydrogen-bond acceptors (Lipinski definition) is 4. The Morgan fingerprint density at radius 2 is 0.864 bits per heavy atom. The van der Waals surface area contributed by atoms with E-state index in [1.807, 2.05) is 0 Å². The van der Waals surface area contributed by atoms with E-state index in [0.29, 0.717) is 0 Å². The fourth-order valence-electron chi connectivity index (χ4n) is 5.94. The molecule has 5 aliphatic rings. The van der Waals surface area contributed by atoms with Crippen LogP contribution in [0.3, 0.4) is 0 Å². The van der Waals surface area contributed by atoms with Crippen LogP contribution in [0.4, 0.5) is 0 Å². The molecule has 0 aromatic carbocycles. The Morgan fingerprint density at radius 1 is 0.455 bits per heavy atom. The molecular formula is C18H28O4. The maximum Gasteiger partial charge on any atom is 0.198 e. The van der Waals surface area contributed by atoms with Crippen molar-refractivity contribution in [3.63, 3.8) is 0 Å². The van der Waals surface area contributed by atoms with Crippen molar-refractivity contribution in [2.24, 2.45) is 0 Å². The average molecular weight is 308 g/mol. The highest BCUT2D eigenvalue weighted by atomic mass is 16.8. The monoisotopic (exact) mass is 308 g/mol. The van der Waals surface area contributed by atoms with Gasteiger partial charge < -0.3 is 18.9 Å². The molecule has 2 atom stereocenters. The minimum absolute atomic E-state index is 0.262. The molecule has 2 saturated carbocycles. The average Bonchev–Trinajstić information content (AvgIpc) is 3.25. The van der Waals surface area contributed by atoms with Crippen LogP contribution in [0.25, 0.3) is 0 Å². The lowest BCUT2D eigenvalue weighted by Gasteiger charge is -2.61. The molecule has 4 nitrogen and oxygen atoms in total. The first-order chi connectivity index (χ1) is 10.7. The SMILES string of the molecule is C1CCC2(C1)O[C@]1(CCCO1)C1(CCCC1)O[C@@]21CCCO1. The van der Waals surface area contributed by atoms with Gasteiger partial charge in [0.2, 0.25) is 0 Å². The zero-order valence-corrected chi connectivity index (χ0v) is 13.5. The third-order valence-corrected chi connectivity index (χ3v) is 6.90. The number of fused-ring (bicyclic) bond motifs is 2. The molecule has 3 heterocycles. The lowest BCUT2D eigenvalue weighted by Crippen LogP contribution is -2.74. The Balaban J connectivity index is 1.60. The van der Waals surface area contributed by atoms with Crippen LogP contribution < -0.4 is 0 Å². The third-order valence-electron chi connectivity index (χ3n) is 6.90. The Bertz CT molecular complexity index is 354. The van der Waals surface area contributed by atoms with Crippen LogP contribution in [-0.2, 0) is 18.9 Å². The number of ether oxygens (including phenoxy) is 4. The van der Waals surface area contributed by atoms with Gasteiger partial charge in [-0.05, 0) is 38.5 Å². The molecule has 0 unspecified atom stereocenters. The van der Waals surface area contributed by atoms with Gasteiger partial charge in [0.05, 0.1) is 13.2 Å². The van der Waals surface area contributed by atoms with E-state index in [1.54, 1.807) is 0 Å². The van der Waals surface area contributed by atoms with Gasteiger partial charge >= 0.3 is 0 Å². The maximum atomic E-state index is 6.99. The van der Waals surface area contributed by atoms with Crippen molar-refractivity contribution >= 4 is 0 Å². The second-order valence-corrected chi connectivity index (χ2v) is 8.02. The fourth-order valence-corrected chi connectivity index (χ4v) is 5.94. The summed E-state index contributed by atoms with van der Waals surface area (Å²) >= 11 is 0. The lowest BCUT2D eigenvalue weighted by atomic mass is 9.79.